The summed E-state index contributed by atoms with van der Waals surface area (Å²) in [5, 5.41) is 9.18. The van der Waals surface area contributed by atoms with Crippen LogP contribution in [0.25, 0.3) is 11.1 Å². The lowest BCUT2D eigenvalue weighted by atomic mass is 9.78. The molecule has 0 amide bonds. The Morgan fingerprint density at radius 1 is 1.12 bits per heavy atom. The van der Waals surface area contributed by atoms with Gasteiger partial charge >= 0.3 is 5.97 Å². The number of hydrogen-bond acceptors (Lipinski definition) is 1. The Balaban J connectivity index is 2.28. The van der Waals surface area contributed by atoms with Crippen molar-refractivity contribution in [2.24, 2.45) is 5.92 Å². The number of carboxylic acid groups (broad SMARTS) is 1. The number of aromatic carboxylic acids is 1. The maximum Gasteiger partial charge on any atom is 0.336 e. The molecule has 25 heavy (non-hydrogen) atoms. The van der Waals surface area contributed by atoms with Gasteiger partial charge in [-0.2, -0.15) is 0 Å². The summed E-state index contributed by atoms with van der Waals surface area (Å²) in [6.45, 7) is 9.07. The summed E-state index contributed by atoms with van der Waals surface area (Å²) in [7, 11) is 0. The van der Waals surface area contributed by atoms with E-state index in [0.29, 0.717) is 11.5 Å². The summed E-state index contributed by atoms with van der Waals surface area (Å²) >= 11 is 0. The second kappa shape index (κ2) is 7.57. The fraction of sp³-hybridized carbons (Fsp3) is 0.348. The molecule has 0 saturated carbocycles. The van der Waals surface area contributed by atoms with Gasteiger partial charge in [0.05, 0.1) is 5.56 Å². The van der Waals surface area contributed by atoms with Gasteiger partial charge in [-0.25, -0.2) is 4.79 Å². The standard InChI is InChI=1S/C23H26O2/c1-6-17-15-19(9-12-21(17)22(24)25)18-7-10-20(11-8-18)23(4,5)14-13-16(2)3/h1,7-12,15-16H,13-14H2,2-5H3,(H,24,25). The summed E-state index contributed by atoms with van der Waals surface area (Å²) < 4.78 is 0. The largest absolute Gasteiger partial charge is 0.478 e. The average Bonchev–Trinajstić information content (AvgIpc) is 2.59. The van der Waals surface area contributed by atoms with Crippen molar-refractivity contribution in [3.8, 4) is 23.5 Å². The average molecular weight is 334 g/mol. The van der Waals surface area contributed by atoms with Gasteiger partial charge < -0.3 is 5.11 Å². The molecule has 0 aliphatic heterocycles. The Morgan fingerprint density at radius 3 is 2.24 bits per heavy atom. The zero-order valence-corrected chi connectivity index (χ0v) is 15.5. The van der Waals surface area contributed by atoms with E-state index in [4.69, 9.17) is 6.42 Å². The van der Waals surface area contributed by atoms with Gasteiger partial charge in [0.15, 0.2) is 0 Å². The van der Waals surface area contributed by atoms with E-state index in [1.807, 2.05) is 6.07 Å². The molecule has 2 aromatic rings. The van der Waals surface area contributed by atoms with E-state index >= 15 is 0 Å². The first kappa shape index (κ1) is 18.8. The smallest absolute Gasteiger partial charge is 0.336 e. The molecule has 0 aromatic heterocycles. The molecular formula is C23H26O2. The minimum absolute atomic E-state index is 0.139. The van der Waals surface area contributed by atoms with Crippen LogP contribution in [0.4, 0.5) is 0 Å². The lowest BCUT2D eigenvalue weighted by molar-refractivity contribution is 0.0696. The first-order valence-electron chi connectivity index (χ1n) is 8.69. The molecule has 0 fully saturated rings. The van der Waals surface area contributed by atoms with Crippen LogP contribution in [0.2, 0.25) is 0 Å². The molecule has 0 aliphatic carbocycles. The third-order valence-corrected chi connectivity index (χ3v) is 4.75. The van der Waals surface area contributed by atoms with Gasteiger partial charge in [-0.3, -0.25) is 0 Å². The second-order valence-electron chi connectivity index (χ2n) is 7.60. The van der Waals surface area contributed by atoms with Crippen LogP contribution >= 0.6 is 0 Å². The Labute approximate surface area is 150 Å². The minimum Gasteiger partial charge on any atom is -0.478 e. The number of carboxylic acids is 1. The molecule has 2 nitrogen and oxygen atoms in total. The van der Waals surface area contributed by atoms with Crippen LogP contribution < -0.4 is 0 Å². The normalized spacial score (nSPS) is 11.4. The third-order valence-electron chi connectivity index (χ3n) is 4.75. The van der Waals surface area contributed by atoms with Crippen LogP contribution in [0.15, 0.2) is 42.5 Å². The molecular weight excluding hydrogens is 308 g/mol. The van der Waals surface area contributed by atoms with Crippen molar-refractivity contribution in [1.82, 2.24) is 0 Å². The van der Waals surface area contributed by atoms with Crippen molar-refractivity contribution in [1.29, 1.82) is 0 Å². The first-order chi connectivity index (χ1) is 11.7. The Bertz CT molecular complexity index is 790. The number of terminal acetylenes is 1. The minimum atomic E-state index is -0.998. The molecule has 2 rings (SSSR count). The van der Waals surface area contributed by atoms with Crippen molar-refractivity contribution >= 4 is 5.97 Å². The van der Waals surface area contributed by atoms with Gasteiger partial charge in [0.25, 0.3) is 0 Å². The number of carbonyl (C=O) groups is 1. The fourth-order valence-corrected chi connectivity index (χ4v) is 2.94. The van der Waals surface area contributed by atoms with E-state index in [-0.39, 0.29) is 11.0 Å². The zero-order valence-electron chi connectivity index (χ0n) is 15.5. The van der Waals surface area contributed by atoms with Crippen molar-refractivity contribution in [3.63, 3.8) is 0 Å². The summed E-state index contributed by atoms with van der Waals surface area (Å²) in [5.41, 5.74) is 4.00. The summed E-state index contributed by atoms with van der Waals surface area (Å²) in [6, 6.07) is 13.6. The predicted octanol–water partition coefficient (Wildman–Crippen LogP) is 5.75. The molecule has 0 atom stereocenters. The van der Waals surface area contributed by atoms with E-state index in [9.17, 15) is 9.90 Å². The van der Waals surface area contributed by atoms with Gasteiger partial charge in [-0.05, 0) is 46.6 Å². The summed E-state index contributed by atoms with van der Waals surface area (Å²) in [4.78, 5) is 11.2. The lowest BCUT2D eigenvalue weighted by Gasteiger charge is -2.26. The Hall–Kier alpha value is -2.53. The topological polar surface area (TPSA) is 37.3 Å². The van der Waals surface area contributed by atoms with E-state index < -0.39 is 5.97 Å². The molecule has 0 bridgehead atoms. The maximum absolute atomic E-state index is 11.2. The van der Waals surface area contributed by atoms with Gasteiger partial charge in [0.1, 0.15) is 0 Å². The molecule has 0 unspecified atom stereocenters. The SMILES string of the molecule is C#Cc1cc(-c2ccc(C(C)(C)CCC(C)C)cc2)ccc1C(=O)O. The van der Waals surface area contributed by atoms with E-state index in [1.165, 1.54) is 12.0 Å². The lowest BCUT2D eigenvalue weighted by Crippen LogP contribution is -2.17. The summed E-state index contributed by atoms with van der Waals surface area (Å²) in [5.74, 6) is 2.17. The van der Waals surface area contributed by atoms with E-state index in [1.54, 1.807) is 12.1 Å². The highest BCUT2D eigenvalue weighted by molar-refractivity contribution is 5.91. The molecule has 0 spiro atoms. The molecule has 2 aromatic carbocycles. The van der Waals surface area contributed by atoms with Crippen LogP contribution in [0, 0.1) is 18.3 Å². The van der Waals surface area contributed by atoms with Crippen LogP contribution in [0.1, 0.15) is 62.0 Å². The van der Waals surface area contributed by atoms with Crippen molar-refractivity contribution < 1.29 is 9.90 Å². The molecule has 0 heterocycles. The van der Waals surface area contributed by atoms with Gasteiger partial charge in [0.2, 0.25) is 0 Å². The molecule has 0 aliphatic rings. The molecule has 130 valence electrons. The van der Waals surface area contributed by atoms with E-state index in [2.05, 4.69) is 57.9 Å². The van der Waals surface area contributed by atoms with Crippen LogP contribution in [0.3, 0.4) is 0 Å². The highest BCUT2D eigenvalue weighted by atomic mass is 16.4. The predicted molar refractivity (Wildman–Crippen MR) is 104 cm³/mol. The second-order valence-corrected chi connectivity index (χ2v) is 7.60. The Morgan fingerprint density at radius 2 is 1.72 bits per heavy atom. The highest BCUT2D eigenvalue weighted by Crippen LogP contribution is 2.32. The number of hydrogen-bond donors (Lipinski definition) is 1. The summed E-state index contributed by atoms with van der Waals surface area (Å²) in [6.07, 6.45) is 7.82. The molecule has 0 radical (unpaired) electrons. The fourth-order valence-electron chi connectivity index (χ4n) is 2.94. The maximum atomic E-state index is 11.2. The van der Waals surface area contributed by atoms with Crippen molar-refractivity contribution in [2.75, 3.05) is 0 Å². The van der Waals surface area contributed by atoms with Crippen molar-refractivity contribution in [2.45, 2.75) is 46.0 Å². The molecule has 1 N–H and O–H groups in total. The third kappa shape index (κ3) is 4.51. The quantitative estimate of drug-likeness (QED) is 0.683. The Kier molecular flexibility index (Phi) is 5.69. The first-order valence-corrected chi connectivity index (χ1v) is 8.69. The van der Waals surface area contributed by atoms with Crippen LogP contribution in [-0.2, 0) is 5.41 Å². The van der Waals surface area contributed by atoms with Gasteiger partial charge in [-0.1, -0.05) is 70.4 Å². The number of benzene rings is 2. The van der Waals surface area contributed by atoms with Crippen LogP contribution in [0.5, 0.6) is 0 Å². The van der Waals surface area contributed by atoms with Crippen molar-refractivity contribution in [3.05, 3.63) is 59.2 Å². The number of rotatable bonds is 6. The zero-order chi connectivity index (χ0) is 18.6. The molecule has 0 saturated heterocycles. The monoisotopic (exact) mass is 334 g/mol. The van der Waals surface area contributed by atoms with E-state index in [0.717, 1.165) is 17.5 Å². The molecule has 2 heteroatoms. The highest BCUT2D eigenvalue weighted by Gasteiger charge is 2.20. The van der Waals surface area contributed by atoms with Gasteiger partial charge in [-0.15, -0.1) is 6.42 Å². The van der Waals surface area contributed by atoms with Crippen LogP contribution in [-0.4, -0.2) is 11.1 Å². The van der Waals surface area contributed by atoms with Gasteiger partial charge in [0, 0.05) is 5.56 Å².